The number of amides is 3. The van der Waals surface area contributed by atoms with Gasteiger partial charge in [0.15, 0.2) is 0 Å². The van der Waals surface area contributed by atoms with Crippen LogP contribution in [-0.2, 0) is 17.9 Å². The molecule has 148 valence electrons. The zero-order chi connectivity index (χ0) is 19.6. The van der Waals surface area contributed by atoms with Crippen LogP contribution >= 0.6 is 0 Å². The molecule has 1 aliphatic rings. The molecule has 1 fully saturated rings. The first-order valence-electron chi connectivity index (χ1n) is 9.77. The number of hydrogen-bond acceptors (Lipinski definition) is 3. The highest BCUT2D eigenvalue weighted by Crippen LogP contribution is 2.26. The van der Waals surface area contributed by atoms with Crippen molar-refractivity contribution in [1.82, 2.24) is 16.0 Å². The number of carbonyl (C=O) groups is 2. The first-order valence-corrected chi connectivity index (χ1v) is 9.77. The van der Waals surface area contributed by atoms with Gasteiger partial charge in [-0.05, 0) is 37.3 Å². The molecule has 0 radical (unpaired) electrons. The van der Waals surface area contributed by atoms with E-state index < -0.39 is 0 Å². The topological polar surface area (TPSA) is 79.5 Å². The van der Waals surface area contributed by atoms with Crippen molar-refractivity contribution in [2.24, 2.45) is 0 Å². The fourth-order valence-corrected chi connectivity index (χ4v) is 3.21. The van der Waals surface area contributed by atoms with Crippen LogP contribution in [0, 0.1) is 0 Å². The van der Waals surface area contributed by atoms with E-state index in [-0.39, 0.29) is 24.6 Å². The smallest absolute Gasteiger partial charge is 0.315 e. The fourth-order valence-electron chi connectivity index (χ4n) is 3.21. The summed E-state index contributed by atoms with van der Waals surface area (Å²) in [6, 6.07) is 17.0. The zero-order valence-electron chi connectivity index (χ0n) is 15.9. The molecule has 6 nitrogen and oxygen atoms in total. The van der Waals surface area contributed by atoms with Gasteiger partial charge in [0.05, 0.1) is 12.6 Å². The van der Waals surface area contributed by atoms with Gasteiger partial charge in [-0.1, -0.05) is 48.5 Å². The second kappa shape index (κ2) is 10.3. The highest BCUT2D eigenvalue weighted by atomic mass is 16.5. The van der Waals surface area contributed by atoms with Crippen molar-refractivity contribution in [3.63, 3.8) is 0 Å². The first-order chi connectivity index (χ1) is 13.7. The van der Waals surface area contributed by atoms with Crippen LogP contribution in [0.5, 0.6) is 5.75 Å². The van der Waals surface area contributed by atoms with E-state index in [4.69, 9.17) is 4.74 Å². The van der Waals surface area contributed by atoms with Crippen molar-refractivity contribution in [3.8, 4) is 5.75 Å². The lowest BCUT2D eigenvalue weighted by Crippen LogP contribution is -2.41. The van der Waals surface area contributed by atoms with Crippen LogP contribution in [0.4, 0.5) is 4.79 Å². The Morgan fingerprint density at radius 2 is 1.57 bits per heavy atom. The van der Waals surface area contributed by atoms with Gasteiger partial charge < -0.3 is 20.7 Å². The van der Waals surface area contributed by atoms with Crippen LogP contribution in [0.25, 0.3) is 0 Å². The molecule has 3 amide bonds. The highest BCUT2D eigenvalue weighted by molar-refractivity contribution is 5.83. The van der Waals surface area contributed by atoms with E-state index in [0.29, 0.717) is 13.1 Å². The minimum atomic E-state index is -0.384. The monoisotopic (exact) mass is 381 g/mol. The van der Waals surface area contributed by atoms with Crippen LogP contribution in [-0.4, -0.2) is 24.6 Å². The molecule has 28 heavy (non-hydrogen) atoms. The summed E-state index contributed by atoms with van der Waals surface area (Å²) in [4.78, 5) is 23.9. The Bertz CT molecular complexity index is 774. The largest absolute Gasteiger partial charge is 0.490 e. The molecule has 0 aliphatic heterocycles. The molecule has 0 spiro atoms. The predicted octanol–water partition coefficient (Wildman–Crippen LogP) is 3.12. The molecule has 1 saturated carbocycles. The van der Waals surface area contributed by atoms with E-state index in [9.17, 15) is 9.59 Å². The summed E-state index contributed by atoms with van der Waals surface area (Å²) in [5, 5.41) is 8.14. The Kier molecular flexibility index (Phi) is 7.29. The van der Waals surface area contributed by atoms with Crippen molar-refractivity contribution in [3.05, 3.63) is 65.7 Å². The lowest BCUT2D eigenvalue weighted by Gasteiger charge is -2.17. The highest BCUT2D eigenvalue weighted by Gasteiger charge is 2.17. The summed E-state index contributed by atoms with van der Waals surface area (Å²) in [7, 11) is 0. The van der Waals surface area contributed by atoms with Crippen molar-refractivity contribution in [1.29, 1.82) is 0 Å². The summed E-state index contributed by atoms with van der Waals surface area (Å²) < 4.78 is 6.08. The molecule has 2 aromatic rings. The first kappa shape index (κ1) is 19.7. The summed E-state index contributed by atoms with van der Waals surface area (Å²) in [5.41, 5.74) is 1.94. The van der Waals surface area contributed by atoms with Crippen molar-refractivity contribution < 1.29 is 14.3 Å². The van der Waals surface area contributed by atoms with Crippen molar-refractivity contribution >= 4 is 11.9 Å². The third-order valence-electron chi connectivity index (χ3n) is 4.75. The van der Waals surface area contributed by atoms with Crippen molar-refractivity contribution in [2.45, 2.75) is 44.9 Å². The summed E-state index contributed by atoms with van der Waals surface area (Å²) in [6.45, 7) is 0.716. The minimum absolute atomic E-state index is 0.0705. The van der Waals surface area contributed by atoms with Gasteiger partial charge in [-0.15, -0.1) is 0 Å². The molecular weight excluding hydrogens is 354 g/mol. The van der Waals surface area contributed by atoms with Gasteiger partial charge in [-0.25, -0.2) is 4.79 Å². The van der Waals surface area contributed by atoms with Gasteiger partial charge in [-0.2, -0.15) is 0 Å². The van der Waals surface area contributed by atoms with Gasteiger partial charge in [0.25, 0.3) is 0 Å². The molecule has 0 heterocycles. The number of benzene rings is 2. The van der Waals surface area contributed by atoms with E-state index in [1.54, 1.807) is 0 Å². The zero-order valence-corrected chi connectivity index (χ0v) is 15.9. The van der Waals surface area contributed by atoms with Gasteiger partial charge in [0, 0.05) is 18.7 Å². The molecule has 0 atom stereocenters. The lowest BCUT2D eigenvalue weighted by atomic mass is 10.2. The normalized spacial score (nSPS) is 13.7. The summed E-state index contributed by atoms with van der Waals surface area (Å²) in [6.07, 6.45) is 4.85. The third-order valence-corrected chi connectivity index (χ3v) is 4.75. The second-order valence-electron chi connectivity index (χ2n) is 6.93. The number of rotatable bonds is 8. The van der Waals surface area contributed by atoms with Gasteiger partial charge >= 0.3 is 6.03 Å². The standard InChI is InChI=1S/C22H27N3O3/c26-21(23-14-17-8-2-1-3-9-17)16-25-22(27)24-15-18-10-4-7-13-20(18)28-19-11-5-6-12-19/h1-4,7-10,13,19H,5-6,11-12,14-16H2,(H,23,26)(H2,24,25,27). The quantitative estimate of drug-likeness (QED) is 0.657. The van der Waals surface area contributed by atoms with E-state index >= 15 is 0 Å². The van der Waals surface area contributed by atoms with Crippen LogP contribution in [0.15, 0.2) is 54.6 Å². The van der Waals surface area contributed by atoms with E-state index in [1.807, 2.05) is 54.6 Å². The molecule has 0 saturated heterocycles. The van der Waals surface area contributed by atoms with E-state index in [2.05, 4.69) is 16.0 Å². The van der Waals surface area contributed by atoms with Crippen molar-refractivity contribution in [2.75, 3.05) is 6.54 Å². The molecule has 0 bridgehead atoms. The molecular formula is C22H27N3O3. The van der Waals surface area contributed by atoms with Crippen LogP contribution < -0.4 is 20.7 Å². The van der Waals surface area contributed by atoms with Crippen LogP contribution in [0.3, 0.4) is 0 Å². The lowest BCUT2D eigenvalue weighted by molar-refractivity contribution is -0.120. The minimum Gasteiger partial charge on any atom is -0.490 e. The average Bonchev–Trinajstić information content (AvgIpc) is 3.24. The van der Waals surface area contributed by atoms with Gasteiger partial charge in [-0.3, -0.25) is 4.79 Å². The number of para-hydroxylation sites is 1. The number of nitrogens with one attached hydrogen (secondary N) is 3. The molecule has 3 N–H and O–H groups in total. The average molecular weight is 381 g/mol. The Morgan fingerprint density at radius 3 is 2.36 bits per heavy atom. The SMILES string of the molecule is O=C(CNC(=O)NCc1ccccc1OC1CCCC1)NCc1ccccc1. The molecule has 3 rings (SSSR count). The summed E-state index contributed by atoms with van der Waals surface area (Å²) in [5.74, 6) is 0.583. The fraction of sp³-hybridized carbons (Fsp3) is 0.364. The number of urea groups is 1. The Morgan fingerprint density at radius 1 is 0.857 bits per heavy atom. The molecule has 0 unspecified atom stereocenters. The molecule has 0 aromatic heterocycles. The maximum atomic E-state index is 12.0. The van der Waals surface area contributed by atoms with Gasteiger partial charge in [0.2, 0.25) is 5.91 Å². The second-order valence-corrected chi connectivity index (χ2v) is 6.93. The Labute approximate surface area is 165 Å². The number of hydrogen-bond donors (Lipinski definition) is 3. The predicted molar refractivity (Wildman–Crippen MR) is 108 cm³/mol. The van der Waals surface area contributed by atoms with E-state index in [0.717, 1.165) is 29.7 Å². The van der Waals surface area contributed by atoms with Crippen LogP contribution in [0.2, 0.25) is 0 Å². The number of ether oxygens (including phenoxy) is 1. The Balaban J connectivity index is 1.39. The maximum absolute atomic E-state index is 12.0. The molecule has 2 aromatic carbocycles. The number of carbonyl (C=O) groups excluding carboxylic acids is 2. The molecule has 6 heteroatoms. The maximum Gasteiger partial charge on any atom is 0.315 e. The van der Waals surface area contributed by atoms with Gasteiger partial charge in [0.1, 0.15) is 5.75 Å². The summed E-state index contributed by atoms with van der Waals surface area (Å²) >= 11 is 0. The third kappa shape index (κ3) is 6.30. The molecule has 1 aliphatic carbocycles. The van der Waals surface area contributed by atoms with E-state index in [1.165, 1.54) is 12.8 Å². The van der Waals surface area contributed by atoms with Crippen LogP contribution in [0.1, 0.15) is 36.8 Å². The Hall–Kier alpha value is -3.02.